The highest BCUT2D eigenvalue weighted by Gasteiger charge is 2.46. The van der Waals surface area contributed by atoms with E-state index in [1.165, 1.54) is 66.3 Å². The Morgan fingerprint density at radius 2 is 1.08 bits per heavy atom. The smallest absolute Gasteiger partial charge is 0.358 e. The van der Waals surface area contributed by atoms with E-state index in [1.54, 1.807) is 35.3 Å². The molecule has 0 heterocycles. The van der Waals surface area contributed by atoms with E-state index in [0.717, 1.165) is 52.5 Å². The highest BCUT2D eigenvalue weighted by Crippen LogP contribution is 2.55. The lowest BCUT2D eigenvalue weighted by molar-refractivity contribution is 0.171. The number of likely N-dealkylation sites (N-methyl/N-ethyl adjacent to an activating group) is 1. The van der Waals surface area contributed by atoms with Crippen molar-refractivity contribution >= 4 is 55.4 Å². The van der Waals surface area contributed by atoms with Crippen LogP contribution in [0.5, 0.6) is 23.0 Å². The second-order valence-electron chi connectivity index (χ2n) is 20.2. The summed E-state index contributed by atoms with van der Waals surface area (Å²) in [6.45, 7) is 16.9. The molecule has 0 fully saturated rings. The molecule has 1 aliphatic carbocycles. The fourth-order valence-corrected chi connectivity index (χ4v) is 13.4. The Hall–Kier alpha value is -6.14. The number of benzene rings is 6. The van der Waals surface area contributed by atoms with Crippen LogP contribution in [0.4, 0.5) is 5.69 Å². The van der Waals surface area contributed by atoms with Crippen LogP contribution >= 0.6 is 13.7 Å². The van der Waals surface area contributed by atoms with Gasteiger partial charge in [-0.25, -0.2) is 0 Å². The Morgan fingerprint density at radius 1 is 0.610 bits per heavy atom. The summed E-state index contributed by atoms with van der Waals surface area (Å²) in [6.07, 6.45) is 12.1. The summed E-state index contributed by atoms with van der Waals surface area (Å²) >= 11 is 12.1. The van der Waals surface area contributed by atoms with Crippen molar-refractivity contribution in [1.29, 1.82) is 0 Å². The lowest BCUT2D eigenvalue weighted by Crippen LogP contribution is -2.30. The van der Waals surface area contributed by atoms with Crippen molar-refractivity contribution in [2.45, 2.75) is 123 Å². The topological polar surface area (TPSA) is 82.4 Å². The molecule has 0 radical (unpaired) electrons. The zero-order chi connectivity index (χ0) is 55.2. The van der Waals surface area contributed by atoms with Crippen LogP contribution in [0.3, 0.4) is 0 Å². The molecule has 1 aliphatic rings. The van der Waals surface area contributed by atoms with Crippen LogP contribution in [0.25, 0.3) is 11.1 Å². The summed E-state index contributed by atoms with van der Waals surface area (Å²) in [4.78, 5) is 2.32. The molecule has 0 saturated heterocycles. The van der Waals surface area contributed by atoms with E-state index < -0.39 is 24.4 Å². The summed E-state index contributed by atoms with van der Waals surface area (Å²) in [5.41, 5.74) is 12.1. The molecular weight excluding hydrogens is 1030 g/mol. The molecule has 77 heavy (non-hydrogen) atoms. The largest absolute Gasteiger partial charge is 0.508 e. The van der Waals surface area contributed by atoms with E-state index in [1.807, 2.05) is 80.5 Å². The summed E-state index contributed by atoms with van der Waals surface area (Å²) in [5.74, 6) is 9.45. The maximum Gasteiger partial charge on any atom is 0.358 e. The van der Waals surface area contributed by atoms with Gasteiger partial charge in [-0.15, -0.1) is 19.8 Å². The van der Waals surface area contributed by atoms with Crippen LogP contribution in [0.1, 0.15) is 139 Å². The summed E-state index contributed by atoms with van der Waals surface area (Å²) in [7, 11) is 3.78. The number of nitrogens with zero attached hydrogens (tertiary/aromatic N) is 5. The van der Waals surface area contributed by atoms with E-state index in [0.29, 0.717) is 25.2 Å². The van der Waals surface area contributed by atoms with Crippen LogP contribution in [0, 0.1) is 18.8 Å². The monoisotopic (exact) mass is 1110 g/mol. The second-order valence-corrected chi connectivity index (χ2v) is 26.4. The number of anilines is 1. The summed E-state index contributed by atoms with van der Waals surface area (Å²) in [6, 6.07) is 45.1. The quantitative estimate of drug-likeness (QED) is 0.0247. The number of fused-ring (bicyclic) bond motifs is 3. The third-order valence-corrected chi connectivity index (χ3v) is 22.1. The molecule has 6 aromatic carbocycles. The van der Waals surface area contributed by atoms with Gasteiger partial charge in [-0.05, 0) is 169 Å². The minimum absolute atomic E-state index is 0.0502. The average Bonchev–Trinajstić information content (AvgIpc) is 3.75. The van der Waals surface area contributed by atoms with Gasteiger partial charge in [-0.1, -0.05) is 95.0 Å². The van der Waals surface area contributed by atoms with Crippen molar-refractivity contribution < 1.29 is 19.3 Å². The number of aromatic hydroxyl groups is 1. The third kappa shape index (κ3) is 14.5. The van der Waals surface area contributed by atoms with Gasteiger partial charge in [0.25, 0.3) is 10.7 Å². The Kier molecular flexibility index (Phi) is 20.5. The SMILES string of the molecule is CCCCC1(CCCC)c2cc(C)ccc2-c2ccc(C#Cc3ccc(N(CC)CCOc4ccc(OC(C)(CC)[P+](=S)N(C)N=Cc5ccc(OC(C)(CC)[P+](=S)N(C)N=Cc6ccc(O)cc6)cc5)cc4)cc3)cc21. The van der Waals surface area contributed by atoms with Crippen LogP contribution in [0.15, 0.2) is 144 Å². The van der Waals surface area contributed by atoms with E-state index >= 15 is 0 Å². The minimum Gasteiger partial charge on any atom is -0.508 e. The first-order chi connectivity index (χ1) is 37.1. The van der Waals surface area contributed by atoms with E-state index in [9.17, 15) is 5.11 Å². The number of phenols is 1. The van der Waals surface area contributed by atoms with Gasteiger partial charge in [0.1, 0.15) is 29.6 Å². The molecule has 13 heteroatoms. The van der Waals surface area contributed by atoms with Gasteiger partial charge >= 0.3 is 13.7 Å². The molecule has 0 amide bonds. The minimum atomic E-state index is -1.26. The van der Waals surface area contributed by atoms with Crippen LogP contribution in [0.2, 0.25) is 0 Å². The molecule has 0 aromatic heterocycles. The number of hydrazone groups is 2. The fourth-order valence-electron chi connectivity index (χ4n) is 9.74. The first-order valence-electron chi connectivity index (χ1n) is 27.2. The van der Waals surface area contributed by atoms with Crippen molar-refractivity contribution in [3.63, 3.8) is 0 Å². The van der Waals surface area contributed by atoms with Crippen molar-refractivity contribution in [1.82, 2.24) is 9.56 Å². The van der Waals surface area contributed by atoms with Gasteiger partial charge in [0.05, 0.1) is 33.1 Å². The Morgan fingerprint density at radius 3 is 1.60 bits per heavy atom. The van der Waals surface area contributed by atoms with Crippen molar-refractivity contribution in [3.8, 4) is 46.0 Å². The maximum absolute atomic E-state index is 9.60. The fraction of sp³-hybridized carbons (Fsp3) is 0.375. The molecule has 0 bridgehead atoms. The molecule has 6 aromatic rings. The van der Waals surface area contributed by atoms with E-state index in [4.69, 9.17) is 42.9 Å². The Labute approximate surface area is 471 Å². The predicted molar refractivity (Wildman–Crippen MR) is 331 cm³/mol. The zero-order valence-electron chi connectivity index (χ0n) is 46.8. The number of hydrogen-bond donors (Lipinski definition) is 1. The number of aryl methyl sites for hydroxylation is 1. The normalized spacial score (nSPS) is 14.4. The Bertz CT molecular complexity index is 3080. The summed E-state index contributed by atoms with van der Waals surface area (Å²) in [5, 5.41) is 17.7. The van der Waals surface area contributed by atoms with Gasteiger partial charge in [0.2, 0.25) is 0 Å². The number of phenolic OH excluding ortho intramolecular Hbond substituents is 1. The number of unbranched alkanes of at least 4 members (excludes halogenated alkanes) is 2. The maximum atomic E-state index is 9.60. The first-order valence-corrected chi connectivity index (χ1v) is 31.8. The van der Waals surface area contributed by atoms with Gasteiger partial charge in [-0.2, -0.15) is 0 Å². The van der Waals surface area contributed by atoms with Crippen LogP contribution in [-0.2, 0) is 29.0 Å². The molecule has 4 unspecified atom stereocenters. The highest BCUT2D eigenvalue weighted by atomic mass is 32.4. The van der Waals surface area contributed by atoms with Crippen LogP contribution in [-0.4, -0.2) is 71.6 Å². The number of ether oxygens (including phenoxy) is 3. The molecule has 0 saturated carbocycles. The second kappa shape index (κ2) is 27.0. The molecule has 0 aliphatic heterocycles. The lowest BCUT2D eigenvalue weighted by Gasteiger charge is -2.33. The van der Waals surface area contributed by atoms with Crippen molar-refractivity contribution in [2.24, 2.45) is 10.2 Å². The highest BCUT2D eigenvalue weighted by molar-refractivity contribution is 8.04. The van der Waals surface area contributed by atoms with Crippen molar-refractivity contribution in [3.05, 3.63) is 172 Å². The molecule has 1 N–H and O–H groups in total. The number of rotatable bonds is 26. The molecule has 402 valence electrons. The van der Waals surface area contributed by atoms with Crippen molar-refractivity contribution in [2.75, 3.05) is 38.7 Å². The van der Waals surface area contributed by atoms with Gasteiger partial charge in [0.15, 0.2) is 23.6 Å². The lowest BCUT2D eigenvalue weighted by atomic mass is 9.70. The van der Waals surface area contributed by atoms with Gasteiger partial charge in [-0.3, -0.25) is 0 Å². The zero-order valence-corrected chi connectivity index (χ0v) is 50.2. The molecule has 7 rings (SSSR count). The van der Waals surface area contributed by atoms with E-state index in [-0.39, 0.29) is 11.2 Å². The third-order valence-electron chi connectivity index (χ3n) is 14.7. The summed E-state index contributed by atoms with van der Waals surface area (Å²) < 4.78 is 23.0. The van der Waals surface area contributed by atoms with Gasteiger partial charge in [0, 0.05) is 55.5 Å². The molecule has 4 atom stereocenters. The van der Waals surface area contributed by atoms with Crippen LogP contribution < -0.4 is 19.1 Å². The van der Waals surface area contributed by atoms with E-state index in [2.05, 4.69) is 131 Å². The molecule has 9 nitrogen and oxygen atoms in total. The average molecular weight is 1110 g/mol. The molecular formula is C64H77N5O4P2S2+2. The van der Waals surface area contributed by atoms with Gasteiger partial charge < -0.3 is 24.2 Å². The first kappa shape index (κ1) is 58.5. The standard InChI is InChI=1S/C64H76N5O4P2S2/c1-11-16-40-64(41-17-12-2)60-44-48(6)18-38-58(60)59-39-27-50(45-61(59)64)20-19-49-21-28-53(29-22-49)69(15-5)42-43-71-55-34-36-57(37-35-55)73-63(8,14-4)75(77)68(10)66-47-52-25-32-56(33-26-52)72-62(7,13-3)74(76)67(9)65-46-51-23-30-54(70)31-24-51/h18,21-39,44-47H,11-17,40-43H2,1-10H3/q+1/p+1. The number of hydrogen-bond acceptors (Lipinski definition) is 9. The Balaban J connectivity index is 0.895. The molecule has 0 spiro atoms. The predicted octanol–water partition coefficient (Wildman–Crippen LogP) is 16.3.